The summed E-state index contributed by atoms with van der Waals surface area (Å²) >= 11 is 0. The van der Waals surface area contributed by atoms with Crippen LogP contribution in [-0.2, 0) is 31.4 Å². The second kappa shape index (κ2) is 12.5. The summed E-state index contributed by atoms with van der Waals surface area (Å²) in [6.45, 7) is 7.54. The molecule has 0 aliphatic carbocycles. The maximum Gasteiger partial charge on any atom is 0.418 e. The van der Waals surface area contributed by atoms with E-state index in [0.29, 0.717) is 22.9 Å². The number of hydrogen-bond acceptors (Lipinski definition) is 7. The molecule has 0 saturated carbocycles. The van der Waals surface area contributed by atoms with Crippen molar-refractivity contribution in [2.24, 2.45) is 5.92 Å². The fourth-order valence-corrected chi connectivity index (χ4v) is 5.87. The third-order valence-corrected chi connectivity index (χ3v) is 7.98. The van der Waals surface area contributed by atoms with Crippen LogP contribution in [0.4, 0.5) is 19.0 Å². The van der Waals surface area contributed by atoms with Gasteiger partial charge < -0.3 is 4.90 Å². The Labute approximate surface area is 226 Å². The zero-order valence-electron chi connectivity index (χ0n) is 21.9. The van der Waals surface area contributed by atoms with Crippen molar-refractivity contribution < 1.29 is 31.2 Å². The molecule has 1 aromatic carbocycles. The van der Waals surface area contributed by atoms with Gasteiger partial charge in [0.1, 0.15) is 5.82 Å². The van der Waals surface area contributed by atoms with Crippen LogP contribution in [0.5, 0.6) is 0 Å². The molecule has 0 spiro atoms. The molecular formula is C28H30F3N3O4S. The monoisotopic (exact) mass is 561 g/mol. The normalized spacial score (nSPS) is 15.9. The van der Waals surface area contributed by atoms with E-state index in [1.165, 1.54) is 6.07 Å². The number of carbonyl (C=O) groups excluding carboxylic acids is 2. The number of benzene rings is 1. The summed E-state index contributed by atoms with van der Waals surface area (Å²) in [6, 6.07) is 13.7. The number of halogens is 3. The van der Waals surface area contributed by atoms with Gasteiger partial charge in [0.15, 0.2) is 5.03 Å². The molecule has 208 valence electrons. The minimum absolute atomic E-state index is 0.0374. The largest absolute Gasteiger partial charge is 0.418 e. The van der Waals surface area contributed by atoms with E-state index in [4.69, 9.17) is 9.59 Å². The van der Waals surface area contributed by atoms with E-state index < -0.39 is 27.3 Å². The first kappa shape index (κ1) is 30.0. The molecule has 1 aliphatic rings. The maximum atomic E-state index is 13.9. The lowest BCUT2D eigenvalue weighted by molar-refractivity contribution is -0.191. The van der Waals surface area contributed by atoms with Crippen molar-refractivity contribution in [2.45, 2.75) is 56.5 Å². The number of hydrogen-bond donors (Lipinski definition) is 0. The lowest BCUT2D eigenvalue weighted by Crippen LogP contribution is -2.35. The highest BCUT2D eigenvalue weighted by Gasteiger charge is 2.35. The lowest BCUT2D eigenvalue weighted by atomic mass is 9.93. The van der Waals surface area contributed by atoms with Crippen LogP contribution in [0.3, 0.4) is 0 Å². The summed E-state index contributed by atoms with van der Waals surface area (Å²) in [5.74, 6) is 0.495. The molecule has 0 radical (unpaired) electrons. The highest BCUT2D eigenvalue weighted by molar-refractivity contribution is 7.90. The van der Waals surface area contributed by atoms with Crippen molar-refractivity contribution in [3.63, 3.8) is 0 Å². The molecule has 0 bridgehead atoms. The minimum atomic E-state index is -4.63. The average molecular weight is 562 g/mol. The highest BCUT2D eigenvalue weighted by atomic mass is 32.2. The van der Waals surface area contributed by atoms with Crippen molar-refractivity contribution in [1.82, 2.24) is 9.97 Å². The fraction of sp³-hybridized carbons (Fsp3) is 0.393. The van der Waals surface area contributed by atoms with E-state index in [9.17, 15) is 21.6 Å². The van der Waals surface area contributed by atoms with Crippen LogP contribution in [-0.4, -0.2) is 37.6 Å². The Kier molecular flexibility index (Phi) is 9.63. The van der Waals surface area contributed by atoms with Crippen LogP contribution in [0, 0.1) is 5.92 Å². The Morgan fingerprint density at radius 1 is 1.03 bits per heavy atom. The molecule has 4 rings (SSSR count). The average Bonchev–Trinajstić information content (AvgIpc) is 2.88. The van der Waals surface area contributed by atoms with Crippen LogP contribution in [0.15, 0.2) is 59.6 Å². The predicted molar refractivity (Wildman–Crippen MR) is 140 cm³/mol. The maximum absolute atomic E-state index is 13.9. The summed E-state index contributed by atoms with van der Waals surface area (Å²) in [5.41, 5.74) is -0.0611. The Morgan fingerprint density at radius 2 is 1.72 bits per heavy atom. The molecule has 0 unspecified atom stereocenters. The molecule has 39 heavy (non-hydrogen) atoms. The minimum Gasteiger partial charge on any atom is -0.356 e. The molecule has 11 heteroatoms. The molecule has 2 aromatic heterocycles. The number of anilines is 1. The Hall–Kier alpha value is -3.56. The fourth-order valence-electron chi connectivity index (χ4n) is 4.65. The van der Waals surface area contributed by atoms with Gasteiger partial charge in [0, 0.05) is 18.7 Å². The number of aromatic nitrogens is 2. The molecule has 1 saturated heterocycles. The molecule has 1 aliphatic heterocycles. The Morgan fingerprint density at radius 3 is 2.36 bits per heavy atom. The molecule has 1 atom stereocenters. The molecule has 3 aromatic rings. The van der Waals surface area contributed by atoms with Crippen molar-refractivity contribution in [1.29, 1.82) is 0 Å². The molecule has 0 N–H and O–H groups in total. The van der Waals surface area contributed by atoms with Crippen LogP contribution in [0.2, 0.25) is 0 Å². The quantitative estimate of drug-likeness (QED) is 0.369. The molecule has 3 heterocycles. The third-order valence-electron chi connectivity index (χ3n) is 6.44. The van der Waals surface area contributed by atoms with Crippen molar-refractivity contribution in [3.8, 4) is 11.3 Å². The molecule has 7 nitrogen and oxygen atoms in total. The first-order valence-electron chi connectivity index (χ1n) is 12.5. The van der Waals surface area contributed by atoms with Crippen LogP contribution in [0.25, 0.3) is 11.3 Å². The lowest BCUT2D eigenvalue weighted by Gasteiger charge is -2.32. The molecule has 1 fully saturated rings. The molecular weight excluding hydrogens is 531 g/mol. The summed E-state index contributed by atoms with van der Waals surface area (Å²) in [7, 11) is -3.94. The summed E-state index contributed by atoms with van der Waals surface area (Å²) < 4.78 is 68.2. The van der Waals surface area contributed by atoms with Crippen molar-refractivity contribution in [2.75, 3.05) is 18.0 Å². The SMILES string of the molecule is CC(C)c1ccccc1-c1nc(CS(=O)(=O)c2cccc(N3CCC[C@H](C)C3)n2)ccc1C(F)(F)F.O=C=O. The van der Waals surface area contributed by atoms with E-state index in [1.54, 1.807) is 36.4 Å². The second-order valence-corrected chi connectivity index (χ2v) is 11.7. The van der Waals surface area contributed by atoms with E-state index in [-0.39, 0.29) is 28.5 Å². The molecule has 0 amide bonds. The first-order valence-corrected chi connectivity index (χ1v) is 14.1. The van der Waals surface area contributed by atoms with E-state index >= 15 is 0 Å². The number of alkyl halides is 3. The van der Waals surface area contributed by atoms with Gasteiger partial charge in [-0.25, -0.2) is 13.4 Å². The van der Waals surface area contributed by atoms with Gasteiger partial charge in [0.05, 0.1) is 22.7 Å². The van der Waals surface area contributed by atoms with Gasteiger partial charge in [-0.1, -0.05) is 51.1 Å². The Bertz CT molecular complexity index is 1440. The Balaban J connectivity index is 0.00000134. The predicted octanol–water partition coefficient (Wildman–Crippen LogP) is 5.91. The zero-order chi connectivity index (χ0) is 28.8. The number of piperidine rings is 1. The zero-order valence-corrected chi connectivity index (χ0v) is 22.7. The van der Waals surface area contributed by atoms with Gasteiger partial charge in [-0.05, 0) is 54.5 Å². The van der Waals surface area contributed by atoms with Gasteiger partial charge in [-0.2, -0.15) is 22.8 Å². The van der Waals surface area contributed by atoms with Crippen molar-refractivity contribution in [3.05, 3.63) is 71.4 Å². The van der Waals surface area contributed by atoms with Gasteiger partial charge >= 0.3 is 12.3 Å². The third kappa shape index (κ3) is 7.52. The number of nitrogens with zero attached hydrogens (tertiary/aromatic N) is 3. The van der Waals surface area contributed by atoms with Gasteiger partial charge in [-0.15, -0.1) is 0 Å². The topological polar surface area (TPSA) is 97.3 Å². The van der Waals surface area contributed by atoms with Gasteiger partial charge in [0.25, 0.3) is 0 Å². The van der Waals surface area contributed by atoms with Gasteiger partial charge in [0.2, 0.25) is 9.84 Å². The van der Waals surface area contributed by atoms with E-state index in [0.717, 1.165) is 38.1 Å². The van der Waals surface area contributed by atoms with Crippen LogP contribution >= 0.6 is 0 Å². The first-order chi connectivity index (χ1) is 18.4. The van der Waals surface area contributed by atoms with Gasteiger partial charge in [-0.3, -0.25) is 4.98 Å². The summed E-state index contributed by atoms with van der Waals surface area (Å²) in [4.78, 5) is 27.0. The van der Waals surface area contributed by atoms with E-state index in [1.807, 2.05) is 13.8 Å². The summed E-state index contributed by atoms with van der Waals surface area (Å²) in [5, 5.41) is -0.107. The number of rotatable bonds is 6. The second-order valence-electron chi connectivity index (χ2n) is 9.81. The van der Waals surface area contributed by atoms with E-state index in [2.05, 4.69) is 21.8 Å². The standard InChI is InChI=1S/C27H30F3N3O2S.CO2/c1-18(2)21-9-4-5-10-22(21)26-23(27(28,29)30)14-13-20(31-26)17-36(34,35)25-12-6-11-24(32-25)33-15-7-8-19(3)16-33;2-1-3/h4-6,9-14,18-19H,7-8,15-17H2,1-3H3;/t19-;/m0./s1. The smallest absolute Gasteiger partial charge is 0.356 e. The van der Waals surface area contributed by atoms with Crippen LogP contribution in [0.1, 0.15) is 56.4 Å². The number of pyridine rings is 2. The number of sulfone groups is 1. The van der Waals surface area contributed by atoms with Crippen LogP contribution < -0.4 is 4.90 Å². The highest BCUT2D eigenvalue weighted by Crippen LogP contribution is 2.39. The summed E-state index contributed by atoms with van der Waals surface area (Å²) in [6.07, 6.45) is -2.25. The van der Waals surface area contributed by atoms with Crippen molar-refractivity contribution >= 4 is 21.8 Å².